The fourth-order valence-electron chi connectivity index (χ4n) is 4.07. The largest absolute Gasteiger partial charge is 0.375 e. The molecular weight excluding hydrogens is 306 g/mol. The van der Waals surface area contributed by atoms with Gasteiger partial charge in [0.05, 0.1) is 16.6 Å². The maximum atomic E-state index is 12.7. The molecule has 1 aromatic heterocycles. The number of para-hydroxylation sites is 2. The molecule has 1 atom stereocenters. The molecule has 1 unspecified atom stereocenters. The van der Waals surface area contributed by atoms with Gasteiger partial charge in [-0.1, -0.05) is 12.1 Å². The summed E-state index contributed by atoms with van der Waals surface area (Å²) in [4.78, 5) is 29.6. The van der Waals surface area contributed by atoms with Crippen LogP contribution in [-0.4, -0.2) is 45.7 Å². The van der Waals surface area contributed by atoms with Crippen molar-refractivity contribution in [3.63, 3.8) is 0 Å². The summed E-state index contributed by atoms with van der Waals surface area (Å²) in [6, 6.07) is 7.47. The van der Waals surface area contributed by atoms with E-state index < -0.39 is 0 Å². The zero-order valence-electron chi connectivity index (χ0n) is 13.8. The number of likely N-dealkylation sites (tertiary alicyclic amines) is 1. The first-order chi connectivity index (χ1) is 11.7. The van der Waals surface area contributed by atoms with Crippen LogP contribution >= 0.6 is 0 Å². The number of aromatic amines is 1. The number of carbonyl (C=O) groups is 1. The van der Waals surface area contributed by atoms with Crippen LogP contribution in [0.15, 0.2) is 29.1 Å². The van der Waals surface area contributed by atoms with Crippen molar-refractivity contribution in [1.82, 2.24) is 14.5 Å². The number of fused-ring (bicyclic) bond motifs is 1. The predicted octanol–water partition coefficient (Wildman–Crippen LogP) is 1.89. The summed E-state index contributed by atoms with van der Waals surface area (Å²) in [5.74, 6) is 0.0110. The van der Waals surface area contributed by atoms with Crippen LogP contribution in [-0.2, 0) is 16.1 Å². The van der Waals surface area contributed by atoms with E-state index in [1.165, 1.54) is 4.57 Å². The number of amides is 1. The molecule has 24 heavy (non-hydrogen) atoms. The Morgan fingerprint density at radius 3 is 2.83 bits per heavy atom. The number of aromatic nitrogens is 2. The number of carbonyl (C=O) groups excluding carboxylic acids is 1. The Balaban J connectivity index is 1.49. The number of hydrogen-bond donors (Lipinski definition) is 1. The third-order valence-corrected chi connectivity index (χ3v) is 5.41. The highest BCUT2D eigenvalue weighted by atomic mass is 16.5. The van der Waals surface area contributed by atoms with Gasteiger partial charge in [-0.3, -0.25) is 9.36 Å². The molecule has 2 aliphatic heterocycles. The number of H-pyrrole nitrogens is 1. The van der Waals surface area contributed by atoms with E-state index in [4.69, 9.17) is 4.74 Å². The van der Waals surface area contributed by atoms with Gasteiger partial charge in [0.1, 0.15) is 6.54 Å². The van der Waals surface area contributed by atoms with Crippen LogP contribution in [0.5, 0.6) is 0 Å². The number of benzene rings is 1. The smallest absolute Gasteiger partial charge is 0.326 e. The molecule has 2 saturated heterocycles. The van der Waals surface area contributed by atoms with Gasteiger partial charge in [0.2, 0.25) is 5.91 Å². The van der Waals surface area contributed by atoms with Crippen LogP contribution in [0.1, 0.15) is 32.1 Å². The Morgan fingerprint density at radius 1 is 1.17 bits per heavy atom. The van der Waals surface area contributed by atoms with Crippen molar-refractivity contribution in [1.29, 1.82) is 0 Å². The second kappa shape index (κ2) is 6.09. The molecule has 2 aliphatic rings. The Kier molecular flexibility index (Phi) is 3.92. The molecule has 2 aromatic rings. The average Bonchev–Trinajstić information content (AvgIpc) is 3.08. The first kappa shape index (κ1) is 15.4. The number of nitrogens with one attached hydrogen (secondary N) is 1. The monoisotopic (exact) mass is 329 g/mol. The molecule has 1 spiro atoms. The minimum absolute atomic E-state index is 0.00729. The highest BCUT2D eigenvalue weighted by molar-refractivity contribution is 5.80. The average molecular weight is 329 g/mol. The predicted molar refractivity (Wildman–Crippen MR) is 90.9 cm³/mol. The molecule has 0 bridgehead atoms. The van der Waals surface area contributed by atoms with Crippen LogP contribution in [0.25, 0.3) is 11.0 Å². The van der Waals surface area contributed by atoms with Gasteiger partial charge >= 0.3 is 5.69 Å². The molecule has 0 saturated carbocycles. The van der Waals surface area contributed by atoms with Crippen molar-refractivity contribution < 1.29 is 9.53 Å². The Morgan fingerprint density at radius 2 is 2.00 bits per heavy atom. The summed E-state index contributed by atoms with van der Waals surface area (Å²) in [7, 11) is 0. The molecule has 6 heteroatoms. The van der Waals surface area contributed by atoms with Crippen molar-refractivity contribution >= 4 is 16.9 Å². The minimum Gasteiger partial charge on any atom is -0.375 e. The zero-order chi connectivity index (χ0) is 16.6. The molecule has 1 aromatic carbocycles. The van der Waals surface area contributed by atoms with Gasteiger partial charge in [0, 0.05) is 19.7 Å². The van der Waals surface area contributed by atoms with Gasteiger partial charge in [-0.2, -0.15) is 0 Å². The maximum Gasteiger partial charge on any atom is 0.326 e. The van der Waals surface area contributed by atoms with Gasteiger partial charge in [-0.05, 0) is 44.2 Å². The third kappa shape index (κ3) is 2.75. The highest BCUT2D eigenvalue weighted by Crippen LogP contribution is 2.35. The number of hydrogen-bond acceptors (Lipinski definition) is 3. The van der Waals surface area contributed by atoms with Crippen LogP contribution in [0, 0.1) is 0 Å². The van der Waals surface area contributed by atoms with Crippen LogP contribution in [0.2, 0.25) is 0 Å². The van der Waals surface area contributed by atoms with E-state index in [2.05, 4.69) is 4.98 Å². The fraction of sp³-hybridized carbons (Fsp3) is 0.556. The SMILES string of the molecule is O=C(Cn1c(=O)[nH]c2ccccc21)N1CCCC2(CCCO2)CC1. The second-order valence-electron chi connectivity index (χ2n) is 6.90. The second-order valence-corrected chi connectivity index (χ2v) is 6.90. The maximum absolute atomic E-state index is 12.7. The van der Waals surface area contributed by atoms with Crippen LogP contribution in [0.3, 0.4) is 0 Å². The summed E-state index contributed by atoms with van der Waals surface area (Å²) in [6.45, 7) is 2.41. The van der Waals surface area contributed by atoms with Crippen molar-refractivity contribution in [3.05, 3.63) is 34.7 Å². The molecule has 1 N–H and O–H groups in total. The van der Waals surface area contributed by atoms with E-state index in [-0.39, 0.29) is 23.7 Å². The van der Waals surface area contributed by atoms with Gasteiger partial charge in [0.25, 0.3) is 0 Å². The number of rotatable bonds is 2. The van der Waals surface area contributed by atoms with Crippen LogP contribution < -0.4 is 5.69 Å². The molecule has 3 heterocycles. The summed E-state index contributed by atoms with van der Waals surface area (Å²) in [6.07, 6.45) is 5.13. The first-order valence-electron chi connectivity index (χ1n) is 8.76. The summed E-state index contributed by atoms with van der Waals surface area (Å²) >= 11 is 0. The Bertz CT molecular complexity index is 801. The molecule has 0 aliphatic carbocycles. The van der Waals surface area contributed by atoms with Gasteiger partial charge in [-0.15, -0.1) is 0 Å². The molecule has 1 amide bonds. The van der Waals surface area contributed by atoms with Gasteiger partial charge in [-0.25, -0.2) is 4.79 Å². The minimum atomic E-state index is -0.227. The molecule has 0 radical (unpaired) electrons. The normalized spacial score (nSPS) is 24.6. The lowest BCUT2D eigenvalue weighted by Gasteiger charge is -2.27. The zero-order valence-corrected chi connectivity index (χ0v) is 13.8. The molecule has 128 valence electrons. The van der Waals surface area contributed by atoms with E-state index >= 15 is 0 Å². The molecule has 4 rings (SSSR count). The van der Waals surface area contributed by atoms with E-state index in [1.54, 1.807) is 0 Å². The Labute approximate surface area is 140 Å². The van der Waals surface area contributed by atoms with Crippen LogP contribution in [0.4, 0.5) is 0 Å². The van der Waals surface area contributed by atoms with Gasteiger partial charge in [0.15, 0.2) is 0 Å². The van der Waals surface area contributed by atoms with E-state index in [1.807, 2.05) is 29.2 Å². The first-order valence-corrected chi connectivity index (χ1v) is 8.76. The lowest BCUT2D eigenvalue weighted by Crippen LogP contribution is -2.37. The third-order valence-electron chi connectivity index (χ3n) is 5.41. The quantitative estimate of drug-likeness (QED) is 0.915. The lowest BCUT2D eigenvalue weighted by molar-refractivity contribution is -0.132. The molecule has 6 nitrogen and oxygen atoms in total. The highest BCUT2D eigenvalue weighted by Gasteiger charge is 2.37. The molecule has 2 fully saturated rings. The summed E-state index contributed by atoms with van der Waals surface area (Å²) < 4.78 is 7.51. The molecular formula is C18H23N3O3. The van der Waals surface area contributed by atoms with Crippen molar-refractivity contribution in [2.75, 3.05) is 19.7 Å². The number of nitrogens with zero attached hydrogens (tertiary/aromatic N) is 2. The van der Waals surface area contributed by atoms with E-state index in [0.717, 1.165) is 62.8 Å². The van der Waals surface area contributed by atoms with Crippen molar-refractivity contribution in [2.24, 2.45) is 0 Å². The van der Waals surface area contributed by atoms with Crippen molar-refractivity contribution in [3.8, 4) is 0 Å². The standard InChI is InChI=1S/C18H23N3O3/c22-16(13-21-15-6-2-1-5-14(15)19-17(21)23)20-10-3-7-18(9-11-20)8-4-12-24-18/h1-2,5-6H,3-4,7-13H2,(H,19,23). The van der Waals surface area contributed by atoms with Crippen molar-refractivity contribution in [2.45, 2.75) is 44.2 Å². The number of imidazole rings is 1. The lowest BCUT2D eigenvalue weighted by atomic mass is 9.92. The fourth-order valence-corrected chi connectivity index (χ4v) is 4.07. The summed E-state index contributed by atoms with van der Waals surface area (Å²) in [5, 5.41) is 0. The van der Waals surface area contributed by atoms with E-state index in [9.17, 15) is 9.59 Å². The van der Waals surface area contributed by atoms with E-state index in [0.29, 0.717) is 0 Å². The summed E-state index contributed by atoms with van der Waals surface area (Å²) in [5.41, 5.74) is 1.31. The number of ether oxygens (including phenoxy) is 1. The topological polar surface area (TPSA) is 67.3 Å². The Hall–Kier alpha value is -2.08. The van der Waals surface area contributed by atoms with Gasteiger partial charge < -0.3 is 14.6 Å².